The zero-order valence-corrected chi connectivity index (χ0v) is 8.70. The molecule has 0 saturated carbocycles. The second-order valence-corrected chi connectivity index (χ2v) is 4.36. The first kappa shape index (κ1) is 13.2. The maximum atomic E-state index is 12.6. The highest BCUT2D eigenvalue weighted by Gasteiger charge is 2.31. The van der Waals surface area contributed by atoms with Crippen LogP contribution in [-0.2, 0) is 10.0 Å². The Morgan fingerprint density at radius 1 is 1.47 bits per heavy atom. The van der Waals surface area contributed by atoms with Crippen LogP contribution in [0.4, 0.5) is 14.5 Å². The van der Waals surface area contributed by atoms with Crippen LogP contribution in [0.2, 0.25) is 0 Å². The van der Waals surface area contributed by atoms with Gasteiger partial charge >= 0.3 is 0 Å². The van der Waals surface area contributed by atoms with Crippen LogP contribution in [0.25, 0.3) is 0 Å². The molecular formula is C6H5F2N3O5S. The van der Waals surface area contributed by atoms with Crippen LogP contribution in [0.3, 0.4) is 0 Å². The molecule has 0 unspecified atom stereocenters. The molecule has 0 aliphatic rings. The first-order chi connectivity index (χ1) is 7.64. The number of hydrogen-bond acceptors (Lipinski definition) is 5. The highest BCUT2D eigenvalue weighted by atomic mass is 32.2. The number of primary sulfonamides is 1. The highest BCUT2D eigenvalue weighted by molar-refractivity contribution is 7.89. The van der Waals surface area contributed by atoms with E-state index in [-0.39, 0.29) is 6.07 Å². The molecular weight excluding hydrogens is 264 g/mol. The Morgan fingerprint density at radius 3 is 2.35 bits per heavy atom. The molecule has 3 N–H and O–H groups in total. The van der Waals surface area contributed by atoms with Crippen molar-refractivity contribution in [1.82, 2.24) is 4.98 Å². The predicted molar refractivity (Wildman–Crippen MR) is 50.0 cm³/mol. The number of aromatic nitrogens is 1. The highest BCUT2D eigenvalue weighted by Crippen LogP contribution is 2.31. The summed E-state index contributed by atoms with van der Waals surface area (Å²) in [5.74, 6) is 0. The minimum atomic E-state index is -4.70. The van der Waals surface area contributed by atoms with Crippen LogP contribution >= 0.6 is 0 Å². The second-order valence-electron chi connectivity index (χ2n) is 2.86. The Labute approximate surface area is 92.3 Å². The molecule has 0 amide bonds. The van der Waals surface area contributed by atoms with Crippen molar-refractivity contribution in [3.8, 4) is 0 Å². The Bertz CT molecular complexity index is 623. The molecule has 0 fully saturated rings. The van der Waals surface area contributed by atoms with E-state index >= 15 is 0 Å². The summed E-state index contributed by atoms with van der Waals surface area (Å²) in [6.07, 6.45) is -3.47. The number of nitrogens with zero attached hydrogens (tertiary/aromatic N) is 1. The standard InChI is InChI=1S/C6H5F2N3O5S/c7-5(8)4-2(11(13)14)1-3(12)10-6(4)17(9,15)16/h1,5H,(H,10,12)(H2,9,15,16). The maximum Gasteiger partial charge on any atom is 0.286 e. The molecule has 0 aliphatic carbocycles. The molecule has 94 valence electrons. The van der Waals surface area contributed by atoms with E-state index in [0.29, 0.717) is 0 Å². The summed E-state index contributed by atoms with van der Waals surface area (Å²) in [6.45, 7) is 0. The smallest absolute Gasteiger partial charge is 0.286 e. The minimum absolute atomic E-state index is 0.260. The molecule has 8 nitrogen and oxygen atoms in total. The van der Waals surface area contributed by atoms with Gasteiger partial charge in [-0.15, -0.1) is 0 Å². The Hall–Kier alpha value is -1.88. The lowest BCUT2D eigenvalue weighted by Gasteiger charge is -2.06. The van der Waals surface area contributed by atoms with Gasteiger partial charge < -0.3 is 4.98 Å². The number of nitro groups is 1. The van der Waals surface area contributed by atoms with E-state index < -0.39 is 43.2 Å². The third kappa shape index (κ3) is 2.62. The second kappa shape index (κ2) is 4.18. The fraction of sp³-hybridized carbons (Fsp3) is 0.167. The first-order valence-corrected chi connectivity index (χ1v) is 5.41. The third-order valence-corrected chi connectivity index (χ3v) is 2.62. The van der Waals surface area contributed by atoms with E-state index in [9.17, 15) is 32.1 Å². The Morgan fingerprint density at radius 2 is 2.00 bits per heavy atom. The van der Waals surface area contributed by atoms with Crippen LogP contribution in [0.15, 0.2) is 15.9 Å². The van der Waals surface area contributed by atoms with Gasteiger partial charge in [-0.3, -0.25) is 14.9 Å². The van der Waals surface area contributed by atoms with Crippen molar-refractivity contribution < 1.29 is 22.1 Å². The number of aromatic amines is 1. The summed E-state index contributed by atoms with van der Waals surface area (Å²) in [5, 5.41) is 13.7. The van der Waals surface area contributed by atoms with E-state index in [4.69, 9.17) is 0 Å². The average molecular weight is 269 g/mol. The summed E-state index contributed by atoms with van der Waals surface area (Å²) in [4.78, 5) is 21.6. The Kier molecular flexibility index (Phi) is 3.24. The van der Waals surface area contributed by atoms with E-state index in [0.717, 1.165) is 0 Å². The van der Waals surface area contributed by atoms with Gasteiger partial charge in [-0.05, 0) is 0 Å². The van der Waals surface area contributed by atoms with Crippen molar-refractivity contribution in [2.24, 2.45) is 5.14 Å². The third-order valence-electron chi connectivity index (χ3n) is 1.72. The zero-order chi connectivity index (χ0) is 13.4. The number of pyridine rings is 1. The molecule has 1 heterocycles. The molecule has 0 saturated heterocycles. The number of sulfonamides is 1. The summed E-state index contributed by atoms with van der Waals surface area (Å²) in [6, 6.07) is 0.260. The van der Waals surface area contributed by atoms with Crippen molar-refractivity contribution in [1.29, 1.82) is 0 Å². The molecule has 0 aromatic carbocycles. The molecule has 1 aromatic heterocycles. The van der Waals surface area contributed by atoms with Crippen molar-refractivity contribution >= 4 is 15.7 Å². The number of alkyl halides is 2. The van der Waals surface area contributed by atoms with Gasteiger partial charge in [0.25, 0.3) is 27.7 Å². The predicted octanol–water partition coefficient (Wildman–Crippen LogP) is -0.132. The summed E-state index contributed by atoms with van der Waals surface area (Å²) in [5.41, 5.74) is -3.95. The van der Waals surface area contributed by atoms with Crippen LogP contribution in [0.1, 0.15) is 12.0 Å². The van der Waals surface area contributed by atoms with Crippen molar-refractivity contribution in [2.45, 2.75) is 11.5 Å². The monoisotopic (exact) mass is 269 g/mol. The van der Waals surface area contributed by atoms with Crippen LogP contribution in [0.5, 0.6) is 0 Å². The number of hydrogen-bond donors (Lipinski definition) is 2. The summed E-state index contributed by atoms with van der Waals surface area (Å²) in [7, 11) is -4.70. The number of H-pyrrole nitrogens is 1. The quantitative estimate of drug-likeness (QED) is 0.581. The molecule has 0 radical (unpaired) electrons. The van der Waals surface area contributed by atoms with E-state index in [1.54, 1.807) is 0 Å². The SMILES string of the molecule is NS(=O)(=O)c1[nH]c(=O)cc([N+](=O)[O-])c1C(F)F. The van der Waals surface area contributed by atoms with Crippen LogP contribution in [0, 0.1) is 10.1 Å². The van der Waals surface area contributed by atoms with Gasteiger partial charge in [0.2, 0.25) is 0 Å². The normalized spacial score (nSPS) is 11.8. The topological polar surface area (TPSA) is 136 Å². The van der Waals surface area contributed by atoms with E-state index in [2.05, 4.69) is 5.14 Å². The molecule has 11 heteroatoms. The first-order valence-electron chi connectivity index (χ1n) is 3.87. The van der Waals surface area contributed by atoms with Gasteiger partial charge in [-0.1, -0.05) is 0 Å². The molecule has 1 aromatic rings. The van der Waals surface area contributed by atoms with Gasteiger partial charge in [-0.2, -0.15) is 0 Å². The largest absolute Gasteiger partial charge is 0.311 e. The van der Waals surface area contributed by atoms with E-state index in [1.165, 1.54) is 4.98 Å². The minimum Gasteiger partial charge on any atom is -0.311 e. The van der Waals surface area contributed by atoms with Crippen LogP contribution in [-0.4, -0.2) is 18.3 Å². The molecule has 0 bridgehead atoms. The lowest BCUT2D eigenvalue weighted by Crippen LogP contribution is -2.22. The van der Waals surface area contributed by atoms with Gasteiger partial charge in [0.15, 0.2) is 5.03 Å². The van der Waals surface area contributed by atoms with Gasteiger partial charge in [0.1, 0.15) is 5.56 Å². The van der Waals surface area contributed by atoms with Gasteiger partial charge in [0.05, 0.1) is 11.0 Å². The van der Waals surface area contributed by atoms with Crippen molar-refractivity contribution in [3.63, 3.8) is 0 Å². The molecule has 0 aliphatic heterocycles. The molecule has 1 rings (SSSR count). The number of halogens is 2. The van der Waals surface area contributed by atoms with Crippen molar-refractivity contribution in [3.05, 3.63) is 32.1 Å². The van der Waals surface area contributed by atoms with Crippen molar-refractivity contribution in [2.75, 3.05) is 0 Å². The lowest BCUT2D eigenvalue weighted by molar-refractivity contribution is -0.386. The number of nitrogens with two attached hydrogens (primary N) is 1. The molecule has 0 atom stereocenters. The zero-order valence-electron chi connectivity index (χ0n) is 7.88. The number of rotatable bonds is 3. The Balaban J connectivity index is 3.83. The maximum absolute atomic E-state index is 12.6. The van der Waals surface area contributed by atoms with Crippen LogP contribution < -0.4 is 10.7 Å². The summed E-state index contributed by atoms with van der Waals surface area (Å²) >= 11 is 0. The summed E-state index contributed by atoms with van der Waals surface area (Å²) < 4.78 is 47.0. The number of nitrogens with one attached hydrogen (secondary N) is 1. The fourth-order valence-corrected chi connectivity index (χ4v) is 1.86. The average Bonchev–Trinajstić information content (AvgIpc) is 2.14. The fourth-order valence-electron chi connectivity index (χ4n) is 1.12. The lowest BCUT2D eigenvalue weighted by atomic mass is 10.2. The molecule has 0 spiro atoms. The van der Waals surface area contributed by atoms with Gasteiger partial charge in [0, 0.05) is 0 Å². The van der Waals surface area contributed by atoms with E-state index in [1.807, 2.05) is 0 Å². The van der Waals surface area contributed by atoms with Gasteiger partial charge in [-0.25, -0.2) is 22.3 Å². The molecule has 17 heavy (non-hydrogen) atoms.